The Hall–Kier alpha value is -2.08. The van der Waals surface area contributed by atoms with E-state index in [2.05, 4.69) is 0 Å². The lowest BCUT2D eigenvalue weighted by atomic mass is 10.2. The highest BCUT2D eigenvalue weighted by molar-refractivity contribution is 5.98. The number of ether oxygens (including phenoxy) is 1. The summed E-state index contributed by atoms with van der Waals surface area (Å²) in [5, 5.41) is 9.27. The SMILES string of the molecule is COc1ccc(N2CCN(C(=O)[C@H](C)O)CC2=O)cc1. The van der Waals surface area contributed by atoms with Gasteiger partial charge in [0, 0.05) is 18.8 Å². The van der Waals surface area contributed by atoms with Gasteiger partial charge >= 0.3 is 0 Å². The van der Waals surface area contributed by atoms with Gasteiger partial charge in [-0.25, -0.2) is 0 Å². The lowest BCUT2D eigenvalue weighted by Gasteiger charge is -2.34. The number of carbonyl (C=O) groups is 2. The van der Waals surface area contributed by atoms with Crippen LogP contribution in [0.3, 0.4) is 0 Å². The zero-order valence-corrected chi connectivity index (χ0v) is 11.6. The molecule has 0 saturated carbocycles. The molecule has 0 aliphatic carbocycles. The summed E-state index contributed by atoms with van der Waals surface area (Å²) in [5.41, 5.74) is 0.778. The van der Waals surface area contributed by atoms with E-state index < -0.39 is 12.0 Å². The maximum absolute atomic E-state index is 12.1. The van der Waals surface area contributed by atoms with Crippen molar-refractivity contribution in [2.45, 2.75) is 13.0 Å². The van der Waals surface area contributed by atoms with Crippen LogP contribution in [0.15, 0.2) is 24.3 Å². The number of rotatable bonds is 3. The van der Waals surface area contributed by atoms with E-state index >= 15 is 0 Å². The first-order valence-corrected chi connectivity index (χ1v) is 6.44. The summed E-state index contributed by atoms with van der Waals surface area (Å²) in [6.45, 7) is 2.24. The van der Waals surface area contributed by atoms with Crippen LogP contribution in [0.4, 0.5) is 5.69 Å². The van der Waals surface area contributed by atoms with Gasteiger partial charge in [-0.15, -0.1) is 0 Å². The lowest BCUT2D eigenvalue weighted by molar-refractivity contribution is -0.143. The minimum atomic E-state index is -1.07. The first kappa shape index (κ1) is 14.3. The molecule has 0 bridgehead atoms. The highest BCUT2D eigenvalue weighted by Gasteiger charge is 2.29. The molecule has 2 amide bonds. The fourth-order valence-corrected chi connectivity index (χ4v) is 2.16. The molecule has 108 valence electrons. The Balaban J connectivity index is 2.06. The highest BCUT2D eigenvalue weighted by atomic mass is 16.5. The first-order valence-electron chi connectivity index (χ1n) is 6.44. The van der Waals surface area contributed by atoms with Crippen molar-refractivity contribution < 1.29 is 19.4 Å². The average molecular weight is 278 g/mol. The number of methoxy groups -OCH3 is 1. The van der Waals surface area contributed by atoms with Crippen LogP contribution in [0, 0.1) is 0 Å². The maximum Gasteiger partial charge on any atom is 0.251 e. The number of piperazine rings is 1. The predicted octanol–water partition coefficient (Wildman–Crippen LogP) is 0.251. The zero-order chi connectivity index (χ0) is 14.7. The largest absolute Gasteiger partial charge is 0.497 e. The van der Waals surface area contributed by atoms with Crippen LogP contribution in [0.1, 0.15) is 6.92 Å². The van der Waals surface area contributed by atoms with E-state index in [0.29, 0.717) is 13.1 Å². The molecule has 2 rings (SSSR count). The van der Waals surface area contributed by atoms with Crippen LogP contribution < -0.4 is 9.64 Å². The van der Waals surface area contributed by atoms with Crippen molar-refractivity contribution in [3.8, 4) is 5.75 Å². The molecule has 0 spiro atoms. The Morgan fingerprint density at radius 1 is 1.30 bits per heavy atom. The Morgan fingerprint density at radius 2 is 1.95 bits per heavy atom. The fraction of sp³-hybridized carbons (Fsp3) is 0.429. The van der Waals surface area contributed by atoms with Crippen LogP contribution in [0.25, 0.3) is 0 Å². The molecule has 6 nitrogen and oxygen atoms in total. The summed E-state index contributed by atoms with van der Waals surface area (Å²) in [4.78, 5) is 26.8. The van der Waals surface area contributed by atoms with Crippen molar-refractivity contribution in [1.29, 1.82) is 0 Å². The minimum absolute atomic E-state index is 0.00420. The summed E-state index contributed by atoms with van der Waals surface area (Å²) < 4.78 is 5.07. The lowest BCUT2D eigenvalue weighted by Crippen LogP contribution is -2.54. The van der Waals surface area contributed by atoms with Crippen molar-refractivity contribution in [1.82, 2.24) is 4.90 Å². The summed E-state index contributed by atoms with van der Waals surface area (Å²) in [6, 6.07) is 7.19. The number of aliphatic hydroxyl groups is 1. The van der Waals surface area contributed by atoms with Crippen LogP contribution in [0.2, 0.25) is 0 Å². The van der Waals surface area contributed by atoms with E-state index in [4.69, 9.17) is 4.74 Å². The summed E-state index contributed by atoms with van der Waals surface area (Å²) in [6.07, 6.45) is -1.07. The molecule has 1 aliphatic rings. The minimum Gasteiger partial charge on any atom is -0.497 e. The molecule has 1 aromatic rings. The zero-order valence-electron chi connectivity index (χ0n) is 11.6. The number of benzene rings is 1. The molecule has 1 heterocycles. The Labute approximate surface area is 117 Å². The van der Waals surface area contributed by atoms with Gasteiger partial charge in [0.2, 0.25) is 5.91 Å². The number of carbonyl (C=O) groups excluding carboxylic acids is 2. The van der Waals surface area contributed by atoms with E-state index in [1.54, 1.807) is 24.1 Å². The van der Waals surface area contributed by atoms with Gasteiger partial charge in [0.1, 0.15) is 18.4 Å². The third-order valence-electron chi connectivity index (χ3n) is 3.27. The number of aliphatic hydroxyl groups excluding tert-OH is 1. The van der Waals surface area contributed by atoms with Crippen molar-refractivity contribution in [2.75, 3.05) is 31.6 Å². The van der Waals surface area contributed by atoms with E-state index in [-0.39, 0.29) is 12.5 Å². The van der Waals surface area contributed by atoms with Crippen LogP contribution in [0.5, 0.6) is 5.75 Å². The molecular weight excluding hydrogens is 260 g/mol. The third-order valence-corrected chi connectivity index (χ3v) is 3.27. The molecule has 0 aromatic heterocycles. The van der Waals surface area contributed by atoms with Gasteiger partial charge in [0.25, 0.3) is 5.91 Å². The molecule has 20 heavy (non-hydrogen) atoms. The molecule has 1 aromatic carbocycles. The van der Waals surface area contributed by atoms with Crippen molar-refractivity contribution >= 4 is 17.5 Å². The standard InChI is InChI=1S/C14H18N2O4/c1-10(17)14(19)15-7-8-16(13(18)9-15)11-3-5-12(20-2)6-4-11/h3-6,10,17H,7-9H2,1-2H3/t10-/m0/s1. The van der Waals surface area contributed by atoms with Gasteiger partial charge in [0.05, 0.1) is 7.11 Å². The Kier molecular flexibility index (Phi) is 4.24. The van der Waals surface area contributed by atoms with Gasteiger partial charge in [-0.1, -0.05) is 0 Å². The molecular formula is C14H18N2O4. The second kappa shape index (κ2) is 5.92. The van der Waals surface area contributed by atoms with Crippen LogP contribution in [-0.2, 0) is 9.59 Å². The molecule has 1 aliphatic heterocycles. The molecule has 1 atom stereocenters. The van der Waals surface area contributed by atoms with Crippen molar-refractivity contribution in [2.24, 2.45) is 0 Å². The van der Waals surface area contributed by atoms with E-state index in [1.165, 1.54) is 11.8 Å². The molecule has 1 fully saturated rings. The van der Waals surface area contributed by atoms with E-state index in [1.807, 2.05) is 12.1 Å². The Bertz CT molecular complexity index is 498. The molecule has 0 radical (unpaired) electrons. The van der Waals surface area contributed by atoms with Gasteiger partial charge in [-0.05, 0) is 31.2 Å². The summed E-state index contributed by atoms with van der Waals surface area (Å²) in [5.74, 6) is 0.160. The maximum atomic E-state index is 12.1. The monoisotopic (exact) mass is 278 g/mol. The van der Waals surface area contributed by atoms with Crippen LogP contribution in [-0.4, -0.2) is 54.7 Å². The van der Waals surface area contributed by atoms with E-state index in [9.17, 15) is 14.7 Å². The predicted molar refractivity (Wildman–Crippen MR) is 73.6 cm³/mol. The fourth-order valence-electron chi connectivity index (χ4n) is 2.16. The second-order valence-corrected chi connectivity index (χ2v) is 4.68. The van der Waals surface area contributed by atoms with E-state index in [0.717, 1.165) is 11.4 Å². The van der Waals surface area contributed by atoms with Gasteiger partial charge in [-0.2, -0.15) is 0 Å². The van der Waals surface area contributed by atoms with Crippen molar-refractivity contribution in [3.05, 3.63) is 24.3 Å². The molecule has 6 heteroatoms. The van der Waals surface area contributed by atoms with Gasteiger partial charge < -0.3 is 19.6 Å². The first-order chi connectivity index (χ1) is 9.52. The normalized spacial score (nSPS) is 17.1. The Morgan fingerprint density at radius 3 is 2.45 bits per heavy atom. The topological polar surface area (TPSA) is 70.1 Å². The number of amides is 2. The summed E-state index contributed by atoms with van der Waals surface area (Å²) >= 11 is 0. The molecule has 1 N–H and O–H groups in total. The number of nitrogens with zero attached hydrogens (tertiary/aromatic N) is 2. The number of hydrogen-bond acceptors (Lipinski definition) is 4. The molecule has 0 unspecified atom stereocenters. The van der Waals surface area contributed by atoms with Crippen LogP contribution >= 0.6 is 0 Å². The smallest absolute Gasteiger partial charge is 0.251 e. The second-order valence-electron chi connectivity index (χ2n) is 4.68. The highest BCUT2D eigenvalue weighted by Crippen LogP contribution is 2.21. The molecule has 1 saturated heterocycles. The number of anilines is 1. The van der Waals surface area contributed by atoms with Gasteiger partial charge in [0.15, 0.2) is 0 Å². The summed E-state index contributed by atoms with van der Waals surface area (Å²) in [7, 11) is 1.58. The third kappa shape index (κ3) is 2.91. The van der Waals surface area contributed by atoms with Gasteiger partial charge in [-0.3, -0.25) is 9.59 Å². The average Bonchev–Trinajstić information content (AvgIpc) is 2.46. The number of hydrogen-bond donors (Lipinski definition) is 1. The van der Waals surface area contributed by atoms with Crippen molar-refractivity contribution in [3.63, 3.8) is 0 Å². The quantitative estimate of drug-likeness (QED) is 0.860.